The lowest BCUT2D eigenvalue weighted by atomic mass is 9.99. The van der Waals surface area contributed by atoms with Crippen molar-refractivity contribution in [2.45, 2.75) is 25.7 Å². The van der Waals surface area contributed by atoms with Gasteiger partial charge >= 0.3 is 0 Å². The van der Waals surface area contributed by atoms with Gasteiger partial charge in [-0.2, -0.15) is 0 Å². The van der Waals surface area contributed by atoms with Crippen molar-refractivity contribution in [3.05, 3.63) is 30.3 Å². The number of hydrogen-bond acceptors (Lipinski definition) is 2. The van der Waals surface area contributed by atoms with Crippen LogP contribution >= 0.6 is 12.4 Å². The molecule has 1 atom stereocenters. The molecular formula is C16H24ClNO. The highest BCUT2D eigenvalue weighted by atomic mass is 35.5. The molecule has 106 valence electrons. The van der Waals surface area contributed by atoms with Crippen LogP contribution in [0.5, 0.6) is 5.75 Å². The van der Waals surface area contributed by atoms with Crippen LogP contribution in [0.2, 0.25) is 0 Å². The third-order valence-corrected chi connectivity index (χ3v) is 4.05. The highest BCUT2D eigenvalue weighted by Crippen LogP contribution is 2.31. The summed E-state index contributed by atoms with van der Waals surface area (Å²) in [7, 11) is 0. The first-order valence-electron chi connectivity index (χ1n) is 7.30. The predicted molar refractivity (Wildman–Crippen MR) is 81.1 cm³/mol. The molecule has 0 spiro atoms. The van der Waals surface area contributed by atoms with Gasteiger partial charge in [0.15, 0.2) is 0 Å². The van der Waals surface area contributed by atoms with E-state index in [1.807, 2.05) is 30.3 Å². The number of benzene rings is 1. The van der Waals surface area contributed by atoms with E-state index in [1.165, 1.54) is 45.3 Å². The summed E-state index contributed by atoms with van der Waals surface area (Å²) in [4.78, 5) is 2.65. The molecule has 3 rings (SSSR count). The highest BCUT2D eigenvalue weighted by molar-refractivity contribution is 5.85. The molecule has 19 heavy (non-hydrogen) atoms. The SMILES string of the molecule is Cl.c1ccc(OCC2CCCN(CC3CC3)C2)cc1. The van der Waals surface area contributed by atoms with Gasteiger partial charge in [0.05, 0.1) is 6.61 Å². The van der Waals surface area contributed by atoms with Gasteiger partial charge in [0.2, 0.25) is 0 Å². The number of ether oxygens (including phenoxy) is 1. The third kappa shape index (κ3) is 4.70. The summed E-state index contributed by atoms with van der Waals surface area (Å²) < 4.78 is 5.89. The van der Waals surface area contributed by atoms with Crippen LogP contribution in [0.25, 0.3) is 0 Å². The Labute approximate surface area is 122 Å². The molecule has 1 aromatic carbocycles. The van der Waals surface area contributed by atoms with Crippen LogP contribution in [0.15, 0.2) is 30.3 Å². The summed E-state index contributed by atoms with van der Waals surface area (Å²) in [5, 5.41) is 0. The fraction of sp³-hybridized carbons (Fsp3) is 0.625. The molecule has 1 aliphatic heterocycles. The second kappa shape index (κ2) is 7.16. The van der Waals surface area contributed by atoms with Gasteiger partial charge in [0.25, 0.3) is 0 Å². The van der Waals surface area contributed by atoms with Crippen molar-refractivity contribution < 1.29 is 4.74 Å². The van der Waals surface area contributed by atoms with Crippen molar-refractivity contribution in [1.29, 1.82) is 0 Å². The minimum Gasteiger partial charge on any atom is -0.493 e. The minimum atomic E-state index is 0. The van der Waals surface area contributed by atoms with Crippen molar-refractivity contribution in [1.82, 2.24) is 4.90 Å². The Hall–Kier alpha value is -0.730. The molecule has 3 heteroatoms. The van der Waals surface area contributed by atoms with E-state index in [2.05, 4.69) is 4.90 Å². The van der Waals surface area contributed by atoms with Crippen molar-refractivity contribution in [2.75, 3.05) is 26.2 Å². The Morgan fingerprint density at radius 1 is 1.05 bits per heavy atom. The summed E-state index contributed by atoms with van der Waals surface area (Å²) in [5.41, 5.74) is 0. The van der Waals surface area contributed by atoms with Crippen molar-refractivity contribution in [3.8, 4) is 5.75 Å². The van der Waals surface area contributed by atoms with E-state index in [1.54, 1.807) is 0 Å². The van der Waals surface area contributed by atoms with Crippen LogP contribution in [0.1, 0.15) is 25.7 Å². The highest BCUT2D eigenvalue weighted by Gasteiger charge is 2.27. The molecule has 1 saturated heterocycles. The van der Waals surface area contributed by atoms with Gasteiger partial charge in [0.1, 0.15) is 5.75 Å². The van der Waals surface area contributed by atoms with E-state index in [0.717, 1.165) is 24.2 Å². The maximum absolute atomic E-state index is 5.89. The number of rotatable bonds is 5. The normalized spacial score (nSPS) is 23.7. The largest absolute Gasteiger partial charge is 0.493 e. The average molecular weight is 282 g/mol. The molecular weight excluding hydrogens is 258 g/mol. The van der Waals surface area contributed by atoms with Crippen LogP contribution < -0.4 is 4.74 Å². The number of piperidine rings is 1. The number of likely N-dealkylation sites (tertiary alicyclic amines) is 1. The summed E-state index contributed by atoms with van der Waals surface area (Å²) in [6, 6.07) is 10.2. The summed E-state index contributed by atoms with van der Waals surface area (Å²) in [5.74, 6) is 2.74. The number of hydrogen-bond donors (Lipinski definition) is 0. The first-order chi connectivity index (χ1) is 8.90. The van der Waals surface area contributed by atoms with Gasteiger partial charge in [-0.1, -0.05) is 18.2 Å². The molecule has 0 radical (unpaired) electrons. The lowest BCUT2D eigenvalue weighted by Crippen LogP contribution is -2.38. The van der Waals surface area contributed by atoms with Gasteiger partial charge in [-0.05, 0) is 50.3 Å². The lowest BCUT2D eigenvalue weighted by Gasteiger charge is -2.32. The van der Waals surface area contributed by atoms with Crippen molar-refractivity contribution in [2.24, 2.45) is 11.8 Å². The first kappa shape index (κ1) is 14.7. The second-order valence-electron chi connectivity index (χ2n) is 5.84. The van der Waals surface area contributed by atoms with Gasteiger partial charge in [-0.25, -0.2) is 0 Å². The summed E-state index contributed by atoms with van der Waals surface area (Å²) in [6.07, 6.45) is 5.59. The Kier molecular flexibility index (Phi) is 5.53. The van der Waals surface area contributed by atoms with Crippen LogP contribution in [-0.4, -0.2) is 31.1 Å². The van der Waals surface area contributed by atoms with Crippen LogP contribution in [-0.2, 0) is 0 Å². The van der Waals surface area contributed by atoms with Crippen molar-refractivity contribution in [3.63, 3.8) is 0 Å². The van der Waals surface area contributed by atoms with E-state index < -0.39 is 0 Å². The van der Waals surface area contributed by atoms with Gasteiger partial charge < -0.3 is 9.64 Å². The molecule has 2 aliphatic rings. The lowest BCUT2D eigenvalue weighted by molar-refractivity contribution is 0.126. The Bertz CT molecular complexity index is 366. The zero-order chi connectivity index (χ0) is 12.2. The van der Waals surface area contributed by atoms with Gasteiger partial charge in [-0.15, -0.1) is 12.4 Å². The molecule has 2 nitrogen and oxygen atoms in total. The molecule has 1 aliphatic carbocycles. The molecule has 0 bridgehead atoms. The second-order valence-corrected chi connectivity index (χ2v) is 5.84. The Morgan fingerprint density at radius 2 is 1.84 bits per heavy atom. The van der Waals surface area contributed by atoms with E-state index in [9.17, 15) is 0 Å². The van der Waals surface area contributed by atoms with E-state index >= 15 is 0 Å². The monoisotopic (exact) mass is 281 g/mol. The smallest absolute Gasteiger partial charge is 0.119 e. The molecule has 0 aromatic heterocycles. The number of halogens is 1. The van der Waals surface area contributed by atoms with Crippen LogP contribution in [0.4, 0.5) is 0 Å². The molecule has 1 unspecified atom stereocenters. The van der Waals surface area contributed by atoms with Crippen LogP contribution in [0, 0.1) is 11.8 Å². The van der Waals surface area contributed by atoms with E-state index in [0.29, 0.717) is 0 Å². The average Bonchev–Trinajstić information content (AvgIpc) is 3.22. The molecule has 2 fully saturated rings. The Balaban J connectivity index is 0.00000133. The Morgan fingerprint density at radius 3 is 2.58 bits per heavy atom. The topological polar surface area (TPSA) is 12.5 Å². The number of para-hydroxylation sites is 1. The first-order valence-corrected chi connectivity index (χ1v) is 7.30. The fourth-order valence-electron chi connectivity index (χ4n) is 2.85. The van der Waals surface area contributed by atoms with Gasteiger partial charge in [0, 0.05) is 19.0 Å². The zero-order valence-electron chi connectivity index (χ0n) is 11.5. The quantitative estimate of drug-likeness (QED) is 0.817. The standard InChI is InChI=1S/C16H23NO.ClH/c1-2-6-16(7-3-1)18-13-15-5-4-10-17(12-15)11-14-8-9-14;/h1-3,6-7,14-15H,4-5,8-13H2;1H. The van der Waals surface area contributed by atoms with Crippen molar-refractivity contribution >= 4 is 12.4 Å². The maximum Gasteiger partial charge on any atom is 0.119 e. The van der Waals surface area contributed by atoms with E-state index in [4.69, 9.17) is 4.74 Å². The maximum atomic E-state index is 5.89. The summed E-state index contributed by atoms with van der Waals surface area (Å²) in [6.45, 7) is 4.76. The fourth-order valence-corrected chi connectivity index (χ4v) is 2.85. The third-order valence-electron chi connectivity index (χ3n) is 4.05. The number of nitrogens with zero attached hydrogens (tertiary/aromatic N) is 1. The molecule has 0 amide bonds. The van der Waals surface area contributed by atoms with E-state index in [-0.39, 0.29) is 12.4 Å². The van der Waals surface area contributed by atoms with Gasteiger partial charge in [-0.3, -0.25) is 0 Å². The predicted octanol–water partition coefficient (Wildman–Crippen LogP) is 3.61. The van der Waals surface area contributed by atoms with Crippen LogP contribution in [0.3, 0.4) is 0 Å². The minimum absolute atomic E-state index is 0. The zero-order valence-corrected chi connectivity index (χ0v) is 12.3. The summed E-state index contributed by atoms with van der Waals surface area (Å²) >= 11 is 0. The molecule has 1 aromatic rings. The molecule has 0 N–H and O–H groups in total. The molecule has 1 saturated carbocycles. The molecule has 1 heterocycles.